The molecule has 0 bridgehead atoms. The molecule has 0 aromatic heterocycles. The van der Waals surface area contributed by atoms with Crippen molar-refractivity contribution in [3.05, 3.63) is 25.3 Å². The molecule has 0 aliphatic heterocycles. The Kier molecular flexibility index (Phi) is 61.1. The zero-order valence-corrected chi connectivity index (χ0v) is 13.2. The maximum absolute atomic E-state index is 8.24. The fourth-order valence-corrected chi connectivity index (χ4v) is 0.504. The molecular formula is C15H34O4. The third kappa shape index (κ3) is 102. The van der Waals surface area contributed by atoms with Crippen LogP contribution < -0.4 is 0 Å². The summed E-state index contributed by atoms with van der Waals surface area (Å²) in [6, 6.07) is 0. The average molecular weight is 278 g/mol. The summed E-state index contributed by atoms with van der Waals surface area (Å²) in [4.78, 5) is 0. The number of aliphatic hydroxyl groups excluding tert-OH is 2. The lowest BCUT2D eigenvalue weighted by Gasteiger charge is -1.97. The maximum Gasteiger partial charge on any atom is 0.0697 e. The Morgan fingerprint density at radius 2 is 1.37 bits per heavy atom. The lowest BCUT2D eigenvalue weighted by atomic mass is 10.4. The van der Waals surface area contributed by atoms with Crippen LogP contribution in [-0.2, 0) is 9.47 Å². The second-order valence-electron chi connectivity index (χ2n) is 3.22. The van der Waals surface area contributed by atoms with Gasteiger partial charge in [-0.3, -0.25) is 0 Å². The van der Waals surface area contributed by atoms with Crippen LogP contribution in [0.5, 0.6) is 0 Å². The van der Waals surface area contributed by atoms with Gasteiger partial charge in [-0.15, -0.1) is 13.2 Å². The first-order valence-corrected chi connectivity index (χ1v) is 6.59. The van der Waals surface area contributed by atoms with Gasteiger partial charge in [0.1, 0.15) is 0 Å². The van der Waals surface area contributed by atoms with Crippen LogP contribution in [0.15, 0.2) is 25.3 Å². The van der Waals surface area contributed by atoms with Crippen LogP contribution in [0.2, 0.25) is 0 Å². The SMILES string of the molecule is C=CC.C=CC.CCCCOCCO.COCCO. The number of rotatable bonds is 7. The van der Waals surface area contributed by atoms with Crippen molar-refractivity contribution in [3.63, 3.8) is 0 Å². The molecule has 0 saturated heterocycles. The van der Waals surface area contributed by atoms with Gasteiger partial charge in [0, 0.05) is 13.7 Å². The number of ether oxygens (including phenoxy) is 2. The lowest BCUT2D eigenvalue weighted by Crippen LogP contribution is -1.99. The minimum absolute atomic E-state index is 0.122. The van der Waals surface area contributed by atoms with Crippen LogP contribution in [0.25, 0.3) is 0 Å². The summed E-state index contributed by atoms with van der Waals surface area (Å²) < 4.78 is 9.41. The molecule has 0 rings (SSSR count). The minimum Gasteiger partial charge on any atom is -0.394 e. The predicted molar refractivity (Wildman–Crippen MR) is 83.5 cm³/mol. The van der Waals surface area contributed by atoms with Gasteiger partial charge in [0.15, 0.2) is 0 Å². The molecule has 0 unspecified atom stereocenters. The van der Waals surface area contributed by atoms with E-state index in [-0.39, 0.29) is 13.2 Å². The number of hydrogen-bond donors (Lipinski definition) is 2. The summed E-state index contributed by atoms with van der Waals surface area (Å²) in [7, 11) is 1.55. The molecule has 0 radical (unpaired) electrons. The van der Waals surface area contributed by atoms with Gasteiger partial charge in [-0.2, -0.15) is 0 Å². The third-order valence-electron chi connectivity index (χ3n) is 1.17. The summed E-state index contributed by atoms with van der Waals surface area (Å²) in [6.07, 6.45) is 5.76. The van der Waals surface area contributed by atoms with E-state index >= 15 is 0 Å². The van der Waals surface area contributed by atoms with Crippen molar-refractivity contribution in [3.8, 4) is 0 Å². The normalized spacial score (nSPS) is 7.68. The Bertz CT molecular complexity index is 113. The molecule has 0 amide bonds. The molecule has 0 aromatic rings. The predicted octanol–water partition coefficient (Wildman–Crippen LogP) is 2.81. The number of methoxy groups -OCH3 is 1. The van der Waals surface area contributed by atoms with Gasteiger partial charge in [-0.05, 0) is 20.3 Å². The summed E-state index contributed by atoms with van der Waals surface area (Å²) in [6.45, 7) is 14.6. The van der Waals surface area contributed by atoms with E-state index < -0.39 is 0 Å². The Morgan fingerprint density at radius 3 is 1.58 bits per heavy atom. The van der Waals surface area contributed by atoms with Crippen molar-refractivity contribution in [1.82, 2.24) is 0 Å². The van der Waals surface area contributed by atoms with Gasteiger partial charge in [0.05, 0.1) is 26.4 Å². The van der Waals surface area contributed by atoms with Crippen molar-refractivity contribution < 1.29 is 19.7 Å². The molecule has 0 aliphatic carbocycles. The fraction of sp³-hybridized carbons (Fsp3) is 0.733. The van der Waals surface area contributed by atoms with Gasteiger partial charge in [0.25, 0.3) is 0 Å². The van der Waals surface area contributed by atoms with E-state index in [0.29, 0.717) is 13.2 Å². The molecule has 0 saturated carbocycles. The smallest absolute Gasteiger partial charge is 0.0697 e. The van der Waals surface area contributed by atoms with Crippen LogP contribution in [0.4, 0.5) is 0 Å². The molecule has 0 atom stereocenters. The molecule has 118 valence electrons. The molecule has 19 heavy (non-hydrogen) atoms. The van der Waals surface area contributed by atoms with E-state index in [1.165, 1.54) is 0 Å². The summed E-state index contributed by atoms with van der Waals surface area (Å²) in [5, 5.41) is 16.2. The molecule has 0 aromatic carbocycles. The van der Waals surface area contributed by atoms with Gasteiger partial charge in [-0.25, -0.2) is 0 Å². The molecule has 4 nitrogen and oxygen atoms in total. The van der Waals surface area contributed by atoms with Crippen LogP contribution >= 0.6 is 0 Å². The number of unbranched alkanes of at least 4 members (excludes halogenated alkanes) is 1. The van der Waals surface area contributed by atoms with E-state index in [9.17, 15) is 0 Å². The van der Waals surface area contributed by atoms with Crippen molar-refractivity contribution in [2.75, 3.05) is 40.1 Å². The summed E-state index contributed by atoms with van der Waals surface area (Å²) in [5.41, 5.74) is 0. The van der Waals surface area contributed by atoms with E-state index in [1.807, 2.05) is 13.8 Å². The standard InChI is InChI=1S/C6H14O2.C3H8O2.2C3H6/c1-2-3-5-8-6-4-7;1-5-3-2-4;2*1-3-2/h7H,2-6H2,1H3;4H,2-3H2,1H3;2*3H,1H2,2H3. The van der Waals surface area contributed by atoms with Crippen molar-refractivity contribution in [1.29, 1.82) is 0 Å². The highest BCUT2D eigenvalue weighted by atomic mass is 16.5. The maximum atomic E-state index is 8.24. The molecule has 0 fully saturated rings. The van der Waals surface area contributed by atoms with Crippen LogP contribution in [-0.4, -0.2) is 50.4 Å². The van der Waals surface area contributed by atoms with E-state index in [4.69, 9.17) is 14.9 Å². The summed E-state index contributed by atoms with van der Waals surface area (Å²) in [5.74, 6) is 0. The number of hydrogen-bond acceptors (Lipinski definition) is 4. The Morgan fingerprint density at radius 1 is 0.947 bits per heavy atom. The Hall–Kier alpha value is -0.680. The average Bonchev–Trinajstić information content (AvgIpc) is 2.38. The fourth-order valence-electron chi connectivity index (χ4n) is 0.504. The Balaban J connectivity index is -0.0000000879. The summed E-state index contributed by atoms with van der Waals surface area (Å²) >= 11 is 0. The van der Waals surface area contributed by atoms with Crippen LogP contribution in [0, 0.1) is 0 Å². The van der Waals surface area contributed by atoms with E-state index in [0.717, 1.165) is 19.4 Å². The van der Waals surface area contributed by atoms with Gasteiger partial charge in [-0.1, -0.05) is 25.5 Å². The Labute approximate surface area is 119 Å². The first-order valence-electron chi connectivity index (χ1n) is 6.59. The largest absolute Gasteiger partial charge is 0.394 e. The second kappa shape index (κ2) is 43.3. The highest BCUT2D eigenvalue weighted by Crippen LogP contribution is 1.85. The number of allylic oxidation sites excluding steroid dienone is 2. The van der Waals surface area contributed by atoms with Gasteiger partial charge < -0.3 is 19.7 Å². The van der Waals surface area contributed by atoms with E-state index in [2.05, 4.69) is 24.8 Å². The first kappa shape index (κ1) is 26.8. The van der Waals surface area contributed by atoms with Crippen molar-refractivity contribution >= 4 is 0 Å². The highest BCUT2D eigenvalue weighted by Gasteiger charge is 1.82. The van der Waals surface area contributed by atoms with Gasteiger partial charge >= 0.3 is 0 Å². The van der Waals surface area contributed by atoms with Crippen LogP contribution in [0.3, 0.4) is 0 Å². The topological polar surface area (TPSA) is 58.9 Å². The molecule has 0 heterocycles. The zero-order chi connectivity index (χ0) is 15.8. The van der Waals surface area contributed by atoms with Crippen molar-refractivity contribution in [2.24, 2.45) is 0 Å². The highest BCUT2D eigenvalue weighted by molar-refractivity contribution is 4.52. The van der Waals surface area contributed by atoms with Crippen LogP contribution in [0.1, 0.15) is 33.6 Å². The third-order valence-corrected chi connectivity index (χ3v) is 1.17. The molecular weight excluding hydrogens is 244 g/mol. The van der Waals surface area contributed by atoms with Gasteiger partial charge in [0.2, 0.25) is 0 Å². The first-order chi connectivity index (χ1) is 9.16. The molecule has 4 heteroatoms. The zero-order valence-electron chi connectivity index (χ0n) is 13.2. The molecule has 2 N–H and O–H groups in total. The minimum atomic E-state index is 0.122. The number of aliphatic hydroxyl groups is 2. The van der Waals surface area contributed by atoms with Crippen molar-refractivity contribution in [2.45, 2.75) is 33.6 Å². The second-order valence-corrected chi connectivity index (χ2v) is 3.22. The van der Waals surface area contributed by atoms with E-state index in [1.54, 1.807) is 19.3 Å². The quantitative estimate of drug-likeness (QED) is 0.555. The molecule has 0 aliphatic rings. The molecule has 0 spiro atoms. The lowest BCUT2D eigenvalue weighted by molar-refractivity contribution is 0.0904. The monoisotopic (exact) mass is 278 g/mol.